The first-order valence-corrected chi connectivity index (χ1v) is 14.8. The van der Waals surface area contributed by atoms with E-state index in [9.17, 15) is 35.8 Å². The van der Waals surface area contributed by atoms with Gasteiger partial charge in [0.15, 0.2) is 6.29 Å². The molecule has 0 saturated carbocycles. The molecular weight excluding hydrogens is 595 g/mol. The number of halogens is 7. The Morgan fingerprint density at radius 2 is 1.57 bits per heavy atom. The maximum absolute atomic E-state index is 13.9. The van der Waals surface area contributed by atoms with E-state index in [1.807, 2.05) is 13.8 Å². The highest BCUT2D eigenvalue weighted by Gasteiger charge is 2.54. The van der Waals surface area contributed by atoms with Crippen LogP contribution in [0.1, 0.15) is 74.3 Å². The van der Waals surface area contributed by atoms with Gasteiger partial charge in [0.2, 0.25) is 0 Å². The number of piperidine rings is 1. The summed E-state index contributed by atoms with van der Waals surface area (Å²) >= 11 is 0. The minimum atomic E-state index is -4.98. The van der Waals surface area contributed by atoms with Crippen LogP contribution in [0.25, 0.3) is 0 Å². The molecule has 0 aromatic heterocycles. The number of rotatable bonds is 6. The summed E-state index contributed by atoms with van der Waals surface area (Å²) in [5.41, 5.74) is -3.34. The summed E-state index contributed by atoms with van der Waals surface area (Å²) in [5.74, 6) is -0.970. The fourth-order valence-electron chi connectivity index (χ4n) is 6.93. The third-order valence-electron chi connectivity index (χ3n) is 9.56. The second-order valence-corrected chi connectivity index (χ2v) is 12.9. The normalized spacial score (nSPS) is 28.3. The van der Waals surface area contributed by atoms with Gasteiger partial charge in [0.25, 0.3) is 0 Å². The first kappa shape index (κ1) is 33.1. The molecule has 0 aliphatic carbocycles. The minimum Gasteiger partial charge on any atom is -0.389 e. The fraction of sp³-hybridized carbons (Fsp3) is 0.625. The van der Waals surface area contributed by atoms with Crippen molar-refractivity contribution in [1.82, 2.24) is 4.90 Å². The van der Waals surface area contributed by atoms with Gasteiger partial charge in [-0.15, -0.1) is 0 Å². The van der Waals surface area contributed by atoms with E-state index >= 15 is 0 Å². The highest BCUT2D eigenvalue weighted by molar-refractivity contribution is 5.35. The van der Waals surface area contributed by atoms with E-state index < -0.39 is 59.3 Å². The van der Waals surface area contributed by atoms with Crippen LogP contribution < -0.4 is 0 Å². The Hall–Kier alpha value is -2.25. The Kier molecular flexibility index (Phi) is 9.16. The van der Waals surface area contributed by atoms with Crippen molar-refractivity contribution >= 4 is 0 Å². The quantitative estimate of drug-likeness (QED) is 0.338. The molecule has 0 amide bonds. The van der Waals surface area contributed by atoms with Crippen molar-refractivity contribution in [3.05, 3.63) is 70.5 Å². The lowest BCUT2D eigenvalue weighted by molar-refractivity contribution is -0.210. The Morgan fingerprint density at radius 3 is 2.09 bits per heavy atom. The molecule has 5 nitrogen and oxygen atoms in total. The number of hydrogen-bond acceptors (Lipinski definition) is 5. The van der Waals surface area contributed by atoms with E-state index in [0.29, 0.717) is 37.3 Å². The molecule has 5 rings (SSSR count). The lowest BCUT2D eigenvalue weighted by atomic mass is 9.71. The Labute approximate surface area is 252 Å². The van der Waals surface area contributed by atoms with E-state index in [1.165, 1.54) is 19.1 Å². The number of benzene rings is 2. The van der Waals surface area contributed by atoms with Crippen LogP contribution in [0.4, 0.5) is 30.7 Å². The molecule has 2 aromatic rings. The van der Waals surface area contributed by atoms with Crippen molar-refractivity contribution in [3.8, 4) is 0 Å². The zero-order valence-electron chi connectivity index (χ0n) is 24.8. The van der Waals surface area contributed by atoms with Crippen LogP contribution in [0.2, 0.25) is 0 Å². The van der Waals surface area contributed by atoms with E-state index in [4.69, 9.17) is 14.2 Å². The number of nitrogens with zero attached hydrogens (tertiary/aromatic N) is 1. The number of likely N-dealkylation sites (tertiary alicyclic amines) is 1. The van der Waals surface area contributed by atoms with Crippen molar-refractivity contribution < 1.29 is 50.1 Å². The van der Waals surface area contributed by atoms with Gasteiger partial charge in [-0.05, 0) is 100 Å². The molecule has 2 aromatic carbocycles. The number of hydrogen-bond donors (Lipinski definition) is 1. The molecule has 244 valence electrons. The maximum atomic E-state index is 13.9. The van der Waals surface area contributed by atoms with Crippen LogP contribution in [0.15, 0.2) is 42.5 Å². The monoisotopic (exact) mass is 633 g/mol. The van der Waals surface area contributed by atoms with Gasteiger partial charge < -0.3 is 24.2 Å². The Bertz CT molecular complexity index is 1260. The zero-order valence-corrected chi connectivity index (χ0v) is 24.8. The first-order valence-electron chi connectivity index (χ1n) is 14.8. The molecular formula is C32H38F7NO4. The third kappa shape index (κ3) is 6.94. The summed E-state index contributed by atoms with van der Waals surface area (Å²) in [6.45, 7) is 7.99. The molecule has 44 heavy (non-hydrogen) atoms. The summed E-state index contributed by atoms with van der Waals surface area (Å²) in [7, 11) is 0. The molecule has 3 aliphatic heterocycles. The average Bonchev–Trinajstić information content (AvgIpc) is 3.17. The number of aliphatic hydroxyl groups excluding tert-OH is 1. The molecule has 3 aliphatic rings. The predicted octanol–water partition coefficient (Wildman–Crippen LogP) is 7.34. The summed E-state index contributed by atoms with van der Waals surface area (Å²) < 4.78 is 113. The highest BCUT2D eigenvalue weighted by atomic mass is 19.4. The molecule has 3 heterocycles. The van der Waals surface area contributed by atoms with Gasteiger partial charge in [-0.2, -0.15) is 26.3 Å². The molecule has 3 saturated heterocycles. The second-order valence-electron chi connectivity index (χ2n) is 12.9. The maximum Gasteiger partial charge on any atom is 0.416 e. The average molecular weight is 634 g/mol. The number of ether oxygens (including phenoxy) is 3. The largest absolute Gasteiger partial charge is 0.416 e. The van der Waals surface area contributed by atoms with Crippen LogP contribution in [0.5, 0.6) is 0 Å². The molecule has 0 bridgehead atoms. The predicted molar refractivity (Wildman–Crippen MR) is 147 cm³/mol. The fourth-order valence-corrected chi connectivity index (χ4v) is 6.93. The number of alkyl halides is 6. The minimum absolute atomic E-state index is 0.0612. The number of aliphatic hydroxyl groups is 1. The molecule has 0 radical (unpaired) electrons. The lowest BCUT2D eigenvalue weighted by Gasteiger charge is -2.45. The highest BCUT2D eigenvalue weighted by Crippen LogP contribution is 2.47. The molecule has 1 N–H and O–H groups in total. The molecule has 1 spiro atoms. The third-order valence-corrected chi connectivity index (χ3v) is 9.56. The van der Waals surface area contributed by atoms with E-state index in [0.717, 1.165) is 25.9 Å². The van der Waals surface area contributed by atoms with Gasteiger partial charge in [0.1, 0.15) is 5.82 Å². The summed E-state index contributed by atoms with van der Waals surface area (Å²) in [6, 6.07) is 7.24. The van der Waals surface area contributed by atoms with Crippen molar-refractivity contribution in [1.29, 1.82) is 0 Å². The summed E-state index contributed by atoms with van der Waals surface area (Å²) in [5, 5.41) is 11.0. The van der Waals surface area contributed by atoms with Crippen LogP contribution in [0, 0.1) is 17.2 Å². The SMILES string of the molecule is C[C@@H](O[C@H]1OCC[C@@H](CN2CCC3(CC2)COC(C)(C)[C@H]3O)[C@@H]1c1ccc(F)cc1)c1cc(C(F)(F)F)cc(C(F)(F)F)c1. The lowest BCUT2D eigenvalue weighted by Crippen LogP contribution is -2.51. The van der Waals surface area contributed by atoms with E-state index in [1.54, 1.807) is 12.1 Å². The van der Waals surface area contributed by atoms with Crippen molar-refractivity contribution in [3.63, 3.8) is 0 Å². The zero-order chi connectivity index (χ0) is 32.1. The molecule has 5 atom stereocenters. The van der Waals surface area contributed by atoms with Crippen molar-refractivity contribution in [2.75, 3.05) is 32.8 Å². The van der Waals surface area contributed by atoms with Crippen LogP contribution >= 0.6 is 0 Å². The van der Waals surface area contributed by atoms with Gasteiger partial charge in [0, 0.05) is 17.9 Å². The van der Waals surface area contributed by atoms with Crippen LogP contribution in [-0.2, 0) is 26.6 Å². The molecule has 12 heteroatoms. The standard InChI is InChI=1S/C32H38F7NO4/c1-19(22-14-23(31(34,35)36)16-24(15-22)32(37,38)39)44-27-26(20-4-6-25(33)7-5-20)21(8-13-42-27)17-40-11-9-30(10-12-40)18-43-29(2,3)28(30)41/h4-7,14-16,19,21,26-28,41H,8-13,17-18H2,1-3H3/t19-,21+,26+,27-,28-/m1/s1. The Balaban J connectivity index is 1.36. The van der Waals surface area contributed by atoms with Gasteiger partial charge >= 0.3 is 12.4 Å². The van der Waals surface area contributed by atoms with Gasteiger partial charge in [-0.3, -0.25) is 0 Å². The van der Waals surface area contributed by atoms with E-state index in [-0.39, 0.29) is 29.6 Å². The summed E-state index contributed by atoms with van der Waals surface area (Å²) in [4.78, 5) is 2.29. The van der Waals surface area contributed by atoms with Gasteiger partial charge in [-0.25, -0.2) is 4.39 Å². The first-order chi connectivity index (χ1) is 20.5. The topological polar surface area (TPSA) is 51.2 Å². The summed E-state index contributed by atoms with van der Waals surface area (Å²) in [6.07, 6.45) is -10.6. The van der Waals surface area contributed by atoms with Gasteiger partial charge in [0.05, 0.1) is 42.1 Å². The Morgan fingerprint density at radius 1 is 0.977 bits per heavy atom. The molecule has 0 unspecified atom stereocenters. The van der Waals surface area contributed by atoms with Crippen molar-refractivity contribution in [2.24, 2.45) is 11.3 Å². The second kappa shape index (κ2) is 12.2. The van der Waals surface area contributed by atoms with E-state index in [2.05, 4.69) is 4.90 Å². The molecule has 3 fully saturated rings. The smallest absolute Gasteiger partial charge is 0.389 e. The van der Waals surface area contributed by atoms with Gasteiger partial charge in [-0.1, -0.05) is 12.1 Å². The van der Waals surface area contributed by atoms with Crippen LogP contribution in [-0.4, -0.2) is 60.8 Å². The van der Waals surface area contributed by atoms with Crippen molar-refractivity contribution in [2.45, 2.75) is 82.4 Å². The van der Waals surface area contributed by atoms with Crippen LogP contribution in [0.3, 0.4) is 0 Å².